The quantitative estimate of drug-likeness (QED) is 0.344. The van der Waals surface area contributed by atoms with Crippen LogP contribution in [0.1, 0.15) is 10.4 Å². The predicted octanol–water partition coefficient (Wildman–Crippen LogP) is 1.09. The monoisotopic (exact) mass is 264 g/mol. The van der Waals surface area contributed by atoms with E-state index in [1.807, 2.05) is 0 Å². The van der Waals surface area contributed by atoms with Gasteiger partial charge in [0.1, 0.15) is 6.29 Å². The molecule has 0 spiro atoms. The Morgan fingerprint density at radius 1 is 1.53 bits per heavy atom. The minimum atomic E-state index is -0.677. The third-order valence-corrected chi connectivity index (χ3v) is 2.12. The van der Waals surface area contributed by atoms with E-state index in [1.165, 1.54) is 18.2 Å². The van der Waals surface area contributed by atoms with Crippen molar-refractivity contribution >= 4 is 17.9 Å². The number of carbonyl (C=O) groups is 2. The largest absolute Gasteiger partial charge is 0.477 e. The Hall–Kier alpha value is -2.70. The highest BCUT2D eigenvalue weighted by molar-refractivity contribution is 5.79. The summed E-state index contributed by atoms with van der Waals surface area (Å²) in [6.45, 7) is 3.36. The Morgan fingerprint density at radius 2 is 2.26 bits per heavy atom. The molecule has 1 N–H and O–H groups in total. The summed E-state index contributed by atoms with van der Waals surface area (Å²) in [5.74, 6) is -0.488. The highest BCUT2D eigenvalue weighted by Crippen LogP contribution is 2.27. The molecular formula is C12H12N2O5. The van der Waals surface area contributed by atoms with Gasteiger partial charge in [-0.25, -0.2) is 0 Å². The molecule has 7 nitrogen and oxygen atoms in total. The van der Waals surface area contributed by atoms with Crippen molar-refractivity contribution in [2.75, 3.05) is 13.2 Å². The summed E-state index contributed by atoms with van der Waals surface area (Å²) in [4.78, 5) is 31.9. The first-order chi connectivity index (χ1) is 9.08. The predicted molar refractivity (Wildman–Crippen MR) is 67.2 cm³/mol. The number of benzene rings is 1. The van der Waals surface area contributed by atoms with Gasteiger partial charge < -0.3 is 10.1 Å². The molecule has 100 valence electrons. The lowest BCUT2D eigenvalue weighted by Gasteiger charge is -2.06. The molecule has 7 heteroatoms. The summed E-state index contributed by atoms with van der Waals surface area (Å²) in [7, 11) is 0. The van der Waals surface area contributed by atoms with Crippen molar-refractivity contribution in [3.63, 3.8) is 0 Å². The van der Waals surface area contributed by atoms with Gasteiger partial charge in [-0.3, -0.25) is 19.7 Å². The van der Waals surface area contributed by atoms with E-state index in [4.69, 9.17) is 4.74 Å². The highest BCUT2D eigenvalue weighted by atomic mass is 16.6. The molecule has 0 saturated carbocycles. The number of nitrogens with one attached hydrogen (secondary N) is 1. The number of nitrogens with zero attached hydrogens (tertiary/aromatic N) is 1. The van der Waals surface area contributed by atoms with Crippen molar-refractivity contribution in [3.8, 4) is 5.75 Å². The van der Waals surface area contributed by atoms with Gasteiger partial charge in [0.15, 0.2) is 12.4 Å². The molecule has 0 heterocycles. The molecule has 0 atom stereocenters. The van der Waals surface area contributed by atoms with Gasteiger partial charge in [0.2, 0.25) is 0 Å². The molecule has 0 radical (unpaired) electrons. The molecule has 0 saturated heterocycles. The van der Waals surface area contributed by atoms with E-state index in [2.05, 4.69) is 11.9 Å². The number of hydrogen-bond donors (Lipinski definition) is 1. The van der Waals surface area contributed by atoms with Gasteiger partial charge in [0, 0.05) is 18.2 Å². The van der Waals surface area contributed by atoms with Crippen LogP contribution in [-0.4, -0.2) is 30.3 Å². The van der Waals surface area contributed by atoms with Crippen molar-refractivity contribution in [1.29, 1.82) is 0 Å². The van der Waals surface area contributed by atoms with Gasteiger partial charge in [-0.1, -0.05) is 6.08 Å². The van der Waals surface area contributed by atoms with Crippen molar-refractivity contribution < 1.29 is 19.2 Å². The van der Waals surface area contributed by atoms with Crippen LogP contribution in [0.4, 0.5) is 5.69 Å². The molecule has 1 amide bonds. The maximum Gasteiger partial charge on any atom is 0.311 e. The summed E-state index contributed by atoms with van der Waals surface area (Å²) < 4.78 is 5.05. The van der Waals surface area contributed by atoms with Crippen molar-refractivity contribution in [3.05, 3.63) is 46.5 Å². The summed E-state index contributed by atoms with van der Waals surface area (Å²) in [6.07, 6.45) is 1.99. The van der Waals surface area contributed by atoms with Gasteiger partial charge in [0.25, 0.3) is 5.91 Å². The molecule has 0 aliphatic carbocycles. The minimum absolute atomic E-state index is 0.0654. The van der Waals surface area contributed by atoms with Gasteiger partial charge in [-0.05, 0) is 12.1 Å². The van der Waals surface area contributed by atoms with E-state index in [1.54, 1.807) is 0 Å². The minimum Gasteiger partial charge on any atom is -0.477 e. The van der Waals surface area contributed by atoms with Crippen LogP contribution in [0.5, 0.6) is 5.75 Å². The Balaban J connectivity index is 2.77. The molecule has 0 bridgehead atoms. The third-order valence-electron chi connectivity index (χ3n) is 2.12. The molecular weight excluding hydrogens is 252 g/mol. The van der Waals surface area contributed by atoms with E-state index >= 15 is 0 Å². The first-order valence-corrected chi connectivity index (χ1v) is 5.32. The van der Waals surface area contributed by atoms with Crippen molar-refractivity contribution in [1.82, 2.24) is 5.32 Å². The summed E-state index contributed by atoms with van der Waals surface area (Å²) >= 11 is 0. The Bertz CT molecular complexity index is 513. The molecule has 0 fully saturated rings. The smallest absolute Gasteiger partial charge is 0.311 e. The second kappa shape index (κ2) is 6.90. The topological polar surface area (TPSA) is 98.5 Å². The SMILES string of the molecule is C=CCNC(=O)COc1ccc(C=O)cc1[N+](=O)[O-]. The number of carbonyl (C=O) groups excluding carboxylic acids is 2. The van der Waals surface area contributed by atoms with Gasteiger partial charge in [0.05, 0.1) is 4.92 Å². The van der Waals surface area contributed by atoms with E-state index in [0.717, 1.165) is 6.07 Å². The average molecular weight is 264 g/mol. The Kier molecular flexibility index (Phi) is 5.21. The lowest BCUT2D eigenvalue weighted by molar-refractivity contribution is -0.385. The fraction of sp³-hybridized carbons (Fsp3) is 0.167. The van der Waals surface area contributed by atoms with Crippen molar-refractivity contribution in [2.45, 2.75) is 0 Å². The Labute approximate surface area is 109 Å². The zero-order valence-corrected chi connectivity index (χ0v) is 10.00. The van der Waals surface area contributed by atoms with E-state index in [9.17, 15) is 19.7 Å². The maximum absolute atomic E-state index is 11.3. The molecule has 19 heavy (non-hydrogen) atoms. The van der Waals surface area contributed by atoms with Crippen LogP contribution in [0, 0.1) is 10.1 Å². The molecule has 1 aromatic carbocycles. The van der Waals surface area contributed by atoms with Crippen molar-refractivity contribution in [2.24, 2.45) is 0 Å². The van der Waals surface area contributed by atoms with Crippen LogP contribution in [0.2, 0.25) is 0 Å². The van der Waals surface area contributed by atoms with Crippen LogP contribution in [0.25, 0.3) is 0 Å². The second-order valence-corrected chi connectivity index (χ2v) is 3.48. The summed E-state index contributed by atoms with van der Waals surface area (Å²) in [5, 5.41) is 13.3. The molecule has 0 aliphatic heterocycles. The lowest BCUT2D eigenvalue weighted by atomic mass is 10.2. The summed E-state index contributed by atoms with van der Waals surface area (Å²) in [6, 6.07) is 3.74. The van der Waals surface area contributed by atoms with Crippen LogP contribution in [0.3, 0.4) is 0 Å². The molecule has 0 aliphatic rings. The lowest BCUT2D eigenvalue weighted by Crippen LogP contribution is -2.28. The number of hydrogen-bond acceptors (Lipinski definition) is 5. The summed E-state index contributed by atoms with van der Waals surface area (Å²) in [5.41, 5.74) is -0.198. The van der Waals surface area contributed by atoms with Gasteiger partial charge in [-0.15, -0.1) is 6.58 Å². The standard InChI is InChI=1S/C12H12N2O5/c1-2-5-13-12(16)8-19-11-4-3-9(7-15)6-10(11)14(17)18/h2-4,6-7H,1,5,8H2,(H,13,16). The zero-order chi connectivity index (χ0) is 14.3. The zero-order valence-electron chi connectivity index (χ0n) is 10.00. The second-order valence-electron chi connectivity index (χ2n) is 3.48. The first-order valence-electron chi connectivity index (χ1n) is 5.32. The highest BCUT2D eigenvalue weighted by Gasteiger charge is 2.16. The van der Waals surface area contributed by atoms with Crippen LogP contribution < -0.4 is 10.1 Å². The van der Waals surface area contributed by atoms with Crippen LogP contribution >= 0.6 is 0 Å². The number of amides is 1. The molecule has 0 aromatic heterocycles. The van der Waals surface area contributed by atoms with E-state index < -0.39 is 10.8 Å². The first kappa shape index (κ1) is 14.4. The van der Waals surface area contributed by atoms with Gasteiger partial charge in [-0.2, -0.15) is 0 Å². The Morgan fingerprint density at radius 3 is 2.84 bits per heavy atom. The average Bonchev–Trinajstić information content (AvgIpc) is 2.42. The third kappa shape index (κ3) is 4.23. The fourth-order valence-electron chi connectivity index (χ4n) is 1.25. The molecule has 1 aromatic rings. The number of nitro benzene ring substituents is 1. The van der Waals surface area contributed by atoms with E-state index in [0.29, 0.717) is 6.29 Å². The van der Waals surface area contributed by atoms with Crippen LogP contribution in [0.15, 0.2) is 30.9 Å². The fourth-order valence-corrected chi connectivity index (χ4v) is 1.25. The molecule has 1 rings (SSSR count). The van der Waals surface area contributed by atoms with Gasteiger partial charge >= 0.3 is 5.69 Å². The number of nitro groups is 1. The normalized spacial score (nSPS) is 9.47. The number of rotatable bonds is 7. The maximum atomic E-state index is 11.3. The van der Waals surface area contributed by atoms with Crippen LogP contribution in [-0.2, 0) is 4.79 Å². The van der Waals surface area contributed by atoms with E-state index in [-0.39, 0.29) is 30.2 Å². The molecule has 0 unspecified atom stereocenters. The number of aldehydes is 1. The number of ether oxygens (including phenoxy) is 1.